The van der Waals surface area contributed by atoms with Gasteiger partial charge >= 0.3 is 0 Å². The highest BCUT2D eigenvalue weighted by atomic mass is 79.9. The molecule has 5 rings (SSSR count). The van der Waals surface area contributed by atoms with E-state index in [1.807, 2.05) is 24.3 Å². The van der Waals surface area contributed by atoms with Crippen LogP contribution in [0.5, 0.6) is 5.75 Å². The zero-order valence-electron chi connectivity index (χ0n) is 21.1. The number of benzene rings is 2. The minimum atomic E-state index is -3.60. The fraction of sp³-hybridized carbons (Fsp3) is 0.423. The second kappa shape index (κ2) is 11.5. The molecule has 3 heterocycles. The van der Waals surface area contributed by atoms with Gasteiger partial charge in [0.05, 0.1) is 24.2 Å². The SMILES string of the molecule is COc1ccc(S(=O)(=O)N2CCCC2)cc1NC(=O)C1CCN(Cc2nc(-c3cccc(Br)c3)no2)CC1. The minimum Gasteiger partial charge on any atom is -0.495 e. The van der Waals surface area contributed by atoms with Gasteiger partial charge in [0.15, 0.2) is 0 Å². The Kier molecular flexibility index (Phi) is 8.12. The number of carbonyl (C=O) groups is 1. The number of aromatic nitrogens is 2. The lowest BCUT2D eigenvalue weighted by atomic mass is 9.96. The standard InChI is InChI=1S/C26H30BrN5O5S/c1-36-23-8-7-21(38(34,35)32-11-2-3-12-32)16-22(23)28-26(33)18-9-13-31(14-10-18)17-24-29-25(30-37-24)19-5-4-6-20(27)15-19/h4-8,15-16,18H,2-3,9-14,17H2,1H3,(H,28,33). The van der Waals surface area contributed by atoms with Gasteiger partial charge in [-0.05, 0) is 69.1 Å². The molecule has 0 spiro atoms. The van der Waals surface area contributed by atoms with Crippen LogP contribution in [-0.4, -0.2) is 67.0 Å². The van der Waals surface area contributed by atoms with E-state index in [9.17, 15) is 13.2 Å². The Morgan fingerprint density at radius 2 is 1.89 bits per heavy atom. The molecule has 0 saturated carbocycles. The van der Waals surface area contributed by atoms with E-state index in [4.69, 9.17) is 9.26 Å². The van der Waals surface area contributed by atoms with Crippen molar-refractivity contribution >= 4 is 37.5 Å². The van der Waals surface area contributed by atoms with Crippen LogP contribution in [0.1, 0.15) is 31.6 Å². The Balaban J connectivity index is 1.19. The van der Waals surface area contributed by atoms with Crippen molar-refractivity contribution in [2.45, 2.75) is 37.1 Å². The van der Waals surface area contributed by atoms with Gasteiger partial charge in [0, 0.05) is 29.0 Å². The van der Waals surface area contributed by atoms with E-state index in [-0.39, 0.29) is 16.7 Å². The van der Waals surface area contributed by atoms with E-state index in [0.717, 1.165) is 22.9 Å². The van der Waals surface area contributed by atoms with E-state index in [0.29, 0.717) is 68.7 Å². The number of rotatable bonds is 8. The van der Waals surface area contributed by atoms with Crippen LogP contribution in [0.15, 0.2) is 56.4 Å². The Labute approximate surface area is 230 Å². The first kappa shape index (κ1) is 26.8. The first-order valence-corrected chi connectivity index (χ1v) is 14.9. The molecule has 2 aromatic carbocycles. The van der Waals surface area contributed by atoms with E-state index < -0.39 is 10.0 Å². The molecule has 0 unspecified atom stereocenters. The number of hydrogen-bond donors (Lipinski definition) is 1. The second-order valence-electron chi connectivity index (χ2n) is 9.54. The van der Waals surface area contributed by atoms with Crippen molar-refractivity contribution in [3.63, 3.8) is 0 Å². The minimum absolute atomic E-state index is 0.145. The van der Waals surface area contributed by atoms with Crippen molar-refractivity contribution in [2.75, 3.05) is 38.6 Å². The summed E-state index contributed by atoms with van der Waals surface area (Å²) in [5.74, 6) is 1.15. The zero-order chi connectivity index (χ0) is 26.7. The molecule has 0 aliphatic carbocycles. The number of nitrogens with one attached hydrogen (secondary N) is 1. The smallest absolute Gasteiger partial charge is 0.243 e. The topological polar surface area (TPSA) is 118 Å². The van der Waals surface area contributed by atoms with Gasteiger partial charge < -0.3 is 14.6 Å². The quantitative estimate of drug-likeness (QED) is 0.408. The summed E-state index contributed by atoms with van der Waals surface area (Å²) in [6.07, 6.45) is 3.03. The van der Waals surface area contributed by atoms with Crippen LogP contribution in [0, 0.1) is 5.92 Å². The van der Waals surface area contributed by atoms with E-state index in [2.05, 4.69) is 36.3 Å². The average Bonchev–Trinajstić information content (AvgIpc) is 3.62. The third-order valence-electron chi connectivity index (χ3n) is 7.00. The fourth-order valence-electron chi connectivity index (χ4n) is 4.87. The number of amides is 1. The molecule has 0 atom stereocenters. The molecule has 2 aliphatic rings. The second-order valence-corrected chi connectivity index (χ2v) is 12.4. The number of ether oxygens (including phenoxy) is 1. The van der Waals surface area contributed by atoms with E-state index in [1.165, 1.54) is 23.5 Å². The van der Waals surface area contributed by atoms with Crippen molar-refractivity contribution in [3.05, 3.63) is 52.8 Å². The van der Waals surface area contributed by atoms with Gasteiger partial charge in [-0.15, -0.1) is 0 Å². The molecule has 1 aromatic heterocycles. The number of sulfonamides is 1. The van der Waals surface area contributed by atoms with Crippen LogP contribution in [0.25, 0.3) is 11.4 Å². The first-order valence-electron chi connectivity index (χ1n) is 12.6. The Morgan fingerprint density at radius 3 is 2.61 bits per heavy atom. The highest BCUT2D eigenvalue weighted by Gasteiger charge is 2.30. The summed E-state index contributed by atoms with van der Waals surface area (Å²) in [7, 11) is -2.11. The maximum atomic E-state index is 13.1. The molecule has 38 heavy (non-hydrogen) atoms. The van der Waals surface area contributed by atoms with Crippen molar-refractivity contribution in [1.29, 1.82) is 0 Å². The van der Waals surface area contributed by atoms with E-state index >= 15 is 0 Å². The Bertz CT molecular complexity index is 1400. The van der Waals surface area contributed by atoms with Gasteiger partial charge in [0.2, 0.25) is 27.6 Å². The van der Waals surface area contributed by atoms with Crippen molar-refractivity contribution in [3.8, 4) is 17.1 Å². The number of halogens is 1. The summed E-state index contributed by atoms with van der Waals surface area (Å²) >= 11 is 3.46. The Morgan fingerprint density at radius 1 is 1.13 bits per heavy atom. The van der Waals surface area contributed by atoms with Crippen molar-refractivity contribution in [2.24, 2.45) is 5.92 Å². The van der Waals surface area contributed by atoms with Crippen molar-refractivity contribution < 1.29 is 22.5 Å². The van der Waals surface area contributed by atoms with Crippen LogP contribution < -0.4 is 10.1 Å². The van der Waals surface area contributed by atoms with Crippen LogP contribution in [0.3, 0.4) is 0 Å². The molecule has 202 valence electrons. The predicted octanol–water partition coefficient (Wildman–Crippen LogP) is 4.14. The molecule has 0 bridgehead atoms. The number of methoxy groups -OCH3 is 1. The summed E-state index contributed by atoms with van der Waals surface area (Å²) in [4.78, 5) is 20.0. The maximum Gasteiger partial charge on any atom is 0.243 e. The van der Waals surface area contributed by atoms with Gasteiger partial charge in [-0.2, -0.15) is 9.29 Å². The predicted molar refractivity (Wildman–Crippen MR) is 145 cm³/mol. The van der Waals surface area contributed by atoms with Gasteiger partial charge in [0.25, 0.3) is 0 Å². The lowest BCUT2D eigenvalue weighted by Gasteiger charge is -2.30. The van der Waals surface area contributed by atoms with Crippen molar-refractivity contribution in [1.82, 2.24) is 19.3 Å². The molecular formula is C26H30BrN5O5S. The zero-order valence-corrected chi connectivity index (χ0v) is 23.5. The number of carbonyl (C=O) groups excluding carboxylic acids is 1. The van der Waals surface area contributed by atoms with Crippen LogP contribution >= 0.6 is 15.9 Å². The van der Waals surface area contributed by atoms with Gasteiger partial charge in [0.1, 0.15) is 5.75 Å². The molecule has 10 nitrogen and oxygen atoms in total. The summed E-state index contributed by atoms with van der Waals surface area (Å²) in [6, 6.07) is 12.3. The molecule has 3 aromatic rings. The summed E-state index contributed by atoms with van der Waals surface area (Å²) < 4.78 is 39.3. The van der Waals surface area contributed by atoms with Crippen LogP contribution in [0.4, 0.5) is 5.69 Å². The van der Waals surface area contributed by atoms with Gasteiger partial charge in [-0.1, -0.05) is 33.2 Å². The Hall–Kier alpha value is -2.80. The molecule has 2 fully saturated rings. The lowest BCUT2D eigenvalue weighted by molar-refractivity contribution is -0.121. The number of likely N-dealkylation sites (tertiary alicyclic amines) is 1. The fourth-order valence-corrected chi connectivity index (χ4v) is 6.81. The molecule has 1 amide bonds. The maximum absolute atomic E-state index is 13.1. The third-order valence-corrected chi connectivity index (χ3v) is 9.39. The number of hydrogen-bond acceptors (Lipinski definition) is 8. The lowest BCUT2D eigenvalue weighted by Crippen LogP contribution is -2.37. The average molecular weight is 605 g/mol. The summed E-state index contributed by atoms with van der Waals surface area (Å²) in [5, 5.41) is 7.01. The molecule has 2 aliphatic heterocycles. The van der Waals surface area contributed by atoms with Gasteiger partial charge in [-0.3, -0.25) is 9.69 Å². The molecule has 0 radical (unpaired) electrons. The van der Waals surface area contributed by atoms with E-state index in [1.54, 1.807) is 6.07 Å². The number of piperidine rings is 1. The summed E-state index contributed by atoms with van der Waals surface area (Å²) in [5.41, 5.74) is 1.24. The molecular weight excluding hydrogens is 574 g/mol. The van der Waals surface area contributed by atoms with Gasteiger partial charge in [-0.25, -0.2) is 8.42 Å². The third kappa shape index (κ3) is 5.93. The number of nitrogens with zero attached hydrogens (tertiary/aromatic N) is 4. The highest BCUT2D eigenvalue weighted by Crippen LogP contribution is 2.31. The normalized spacial score (nSPS) is 17.5. The highest BCUT2D eigenvalue weighted by molar-refractivity contribution is 9.10. The van der Waals surface area contributed by atoms with Crippen LogP contribution in [0.2, 0.25) is 0 Å². The monoisotopic (exact) mass is 603 g/mol. The largest absolute Gasteiger partial charge is 0.495 e. The molecule has 12 heteroatoms. The van der Waals surface area contributed by atoms with Crippen LogP contribution in [-0.2, 0) is 21.4 Å². The summed E-state index contributed by atoms with van der Waals surface area (Å²) in [6.45, 7) is 2.95. The molecule has 2 saturated heterocycles. The number of anilines is 1. The first-order chi connectivity index (χ1) is 18.3. The molecule has 1 N–H and O–H groups in total.